The van der Waals surface area contributed by atoms with Crippen LogP contribution in [0.5, 0.6) is 5.75 Å². The SMILES string of the molecule is CCOc1ccc(C(O)CN2CCN(C(c3ccccc3)c3ccccc3)CC2)cc1. The molecule has 1 aliphatic heterocycles. The van der Waals surface area contributed by atoms with Gasteiger partial charge in [0.05, 0.1) is 18.8 Å². The monoisotopic (exact) mass is 416 g/mol. The minimum absolute atomic E-state index is 0.264. The molecule has 1 heterocycles. The molecule has 4 nitrogen and oxygen atoms in total. The summed E-state index contributed by atoms with van der Waals surface area (Å²) >= 11 is 0. The highest BCUT2D eigenvalue weighted by atomic mass is 16.5. The highest BCUT2D eigenvalue weighted by molar-refractivity contribution is 5.32. The number of rotatable bonds is 8. The van der Waals surface area contributed by atoms with Crippen LogP contribution in [0.4, 0.5) is 0 Å². The summed E-state index contributed by atoms with van der Waals surface area (Å²) in [5.74, 6) is 0.847. The summed E-state index contributed by atoms with van der Waals surface area (Å²) < 4.78 is 5.50. The Bertz CT molecular complexity index is 867. The Morgan fingerprint density at radius 1 is 0.742 bits per heavy atom. The lowest BCUT2D eigenvalue weighted by molar-refractivity contribution is 0.0623. The molecule has 4 rings (SSSR count). The second-order valence-corrected chi connectivity index (χ2v) is 8.08. The minimum Gasteiger partial charge on any atom is -0.494 e. The molecule has 3 aromatic carbocycles. The fraction of sp³-hybridized carbons (Fsp3) is 0.333. The number of hydrogen-bond donors (Lipinski definition) is 1. The van der Waals surface area contributed by atoms with E-state index in [1.54, 1.807) is 0 Å². The molecule has 0 aliphatic carbocycles. The van der Waals surface area contributed by atoms with Gasteiger partial charge in [0.15, 0.2) is 0 Å². The Kier molecular flexibility index (Phi) is 7.36. The van der Waals surface area contributed by atoms with Crippen molar-refractivity contribution in [2.45, 2.75) is 19.1 Å². The van der Waals surface area contributed by atoms with Crippen molar-refractivity contribution in [3.05, 3.63) is 102 Å². The molecule has 0 radical (unpaired) electrons. The van der Waals surface area contributed by atoms with Crippen molar-refractivity contribution < 1.29 is 9.84 Å². The van der Waals surface area contributed by atoms with E-state index in [1.165, 1.54) is 11.1 Å². The van der Waals surface area contributed by atoms with Crippen LogP contribution in [-0.4, -0.2) is 54.2 Å². The van der Waals surface area contributed by atoms with E-state index < -0.39 is 6.10 Å². The summed E-state index contributed by atoms with van der Waals surface area (Å²) in [6, 6.07) is 29.6. The van der Waals surface area contributed by atoms with Gasteiger partial charge in [-0.1, -0.05) is 72.8 Å². The molecule has 0 bridgehead atoms. The molecule has 3 aromatic rings. The highest BCUT2D eigenvalue weighted by Gasteiger charge is 2.27. The molecule has 0 amide bonds. The quantitative estimate of drug-likeness (QED) is 0.585. The lowest BCUT2D eigenvalue weighted by Gasteiger charge is -2.40. The summed E-state index contributed by atoms with van der Waals surface area (Å²) in [5.41, 5.74) is 3.60. The predicted molar refractivity (Wildman–Crippen MR) is 125 cm³/mol. The van der Waals surface area contributed by atoms with Gasteiger partial charge in [0.2, 0.25) is 0 Å². The Morgan fingerprint density at radius 2 is 1.29 bits per heavy atom. The van der Waals surface area contributed by atoms with Crippen LogP contribution < -0.4 is 4.74 Å². The van der Waals surface area contributed by atoms with Crippen LogP contribution >= 0.6 is 0 Å². The zero-order chi connectivity index (χ0) is 21.5. The first kappa shape index (κ1) is 21.6. The van der Waals surface area contributed by atoms with Gasteiger partial charge in [0, 0.05) is 32.7 Å². The third kappa shape index (κ3) is 5.53. The van der Waals surface area contributed by atoms with Crippen LogP contribution in [0, 0.1) is 0 Å². The molecule has 1 unspecified atom stereocenters. The lowest BCUT2D eigenvalue weighted by atomic mass is 9.96. The smallest absolute Gasteiger partial charge is 0.119 e. The van der Waals surface area contributed by atoms with E-state index in [1.807, 2.05) is 31.2 Å². The second-order valence-electron chi connectivity index (χ2n) is 8.08. The maximum absolute atomic E-state index is 10.7. The van der Waals surface area contributed by atoms with Gasteiger partial charge in [-0.2, -0.15) is 0 Å². The summed E-state index contributed by atoms with van der Waals surface area (Å²) in [6.07, 6.45) is -0.485. The van der Waals surface area contributed by atoms with Gasteiger partial charge in [-0.05, 0) is 35.7 Å². The molecule has 1 saturated heterocycles. The van der Waals surface area contributed by atoms with E-state index in [0.29, 0.717) is 13.2 Å². The Balaban J connectivity index is 1.38. The molecule has 1 fully saturated rings. The van der Waals surface area contributed by atoms with Crippen molar-refractivity contribution in [2.24, 2.45) is 0 Å². The molecule has 1 atom stereocenters. The van der Waals surface area contributed by atoms with Gasteiger partial charge < -0.3 is 9.84 Å². The largest absolute Gasteiger partial charge is 0.494 e. The van der Waals surface area contributed by atoms with E-state index in [9.17, 15) is 5.11 Å². The van der Waals surface area contributed by atoms with Crippen LogP contribution in [0.2, 0.25) is 0 Å². The maximum Gasteiger partial charge on any atom is 0.119 e. The number of β-amino-alcohol motifs (C(OH)–C–C–N with tert-alkyl or cyclic N) is 1. The zero-order valence-electron chi connectivity index (χ0n) is 18.2. The minimum atomic E-state index is -0.485. The Morgan fingerprint density at radius 3 is 1.81 bits per heavy atom. The number of piperazine rings is 1. The first-order chi connectivity index (χ1) is 15.2. The molecule has 0 saturated carbocycles. The second kappa shape index (κ2) is 10.6. The van der Waals surface area contributed by atoms with E-state index in [2.05, 4.69) is 70.5 Å². The number of ether oxygens (including phenoxy) is 1. The van der Waals surface area contributed by atoms with Crippen LogP contribution in [0.1, 0.15) is 35.8 Å². The van der Waals surface area contributed by atoms with Crippen molar-refractivity contribution >= 4 is 0 Å². The normalized spacial score (nSPS) is 16.4. The van der Waals surface area contributed by atoms with E-state index >= 15 is 0 Å². The molecule has 1 aliphatic rings. The highest BCUT2D eigenvalue weighted by Crippen LogP contribution is 2.29. The molecule has 162 valence electrons. The van der Waals surface area contributed by atoms with Gasteiger partial charge in [0.25, 0.3) is 0 Å². The van der Waals surface area contributed by atoms with Crippen molar-refractivity contribution in [2.75, 3.05) is 39.3 Å². The van der Waals surface area contributed by atoms with Crippen LogP contribution in [0.15, 0.2) is 84.9 Å². The number of aliphatic hydroxyl groups is 1. The van der Waals surface area contributed by atoms with Crippen LogP contribution in [0.25, 0.3) is 0 Å². The van der Waals surface area contributed by atoms with Crippen molar-refractivity contribution in [1.29, 1.82) is 0 Å². The van der Waals surface area contributed by atoms with E-state index in [4.69, 9.17) is 4.74 Å². The first-order valence-electron chi connectivity index (χ1n) is 11.2. The third-order valence-electron chi connectivity index (χ3n) is 6.01. The maximum atomic E-state index is 10.7. The topological polar surface area (TPSA) is 35.9 Å². The zero-order valence-corrected chi connectivity index (χ0v) is 18.2. The number of aliphatic hydroxyl groups excluding tert-OH is 1. The van der Waals surface area contributed by atoms with Gasteiger partial charge >= 0.3 is 0 Å². The number of hydrogen-bond acceptors (Lipinski definition) is 4. The van der Waals surface area contributed by atoms with Gasteiger partial charge in [-0.15, -0.1) is 0 Å². The molecular formula is C27H32N2O2. The standard InChI is InChI=1S/C27H32N2O2/c1-2-31-25-15-13-22(14-16-25)26(30)21-28-17-19-29(20-18-28)27(23-9-5-3-6-10-23)24-11-7-4-8-12-24/h3-16,26-27,30H,2,17-21H2,1H3. The molecule has 4 heteroatoms. The summed E-state index contributed by atoms with van der Waals surface area (Å²) in [4.78, 5) is 4.93. The summed E-state index contributed by atoms with van der Waals surface area (Å²) in [7, 11) is 0. The third-order valence-corrected chi connectivity index (χ3v) is 6.01. The van der Waals surface area contributed by atoms with E-state index in [-0.39, 0.29) is 6.04 Å². The van der Waals surface area contributed by atoms with Crippen LogP contribution in [-0.2, 0) is 0 Å². The average Bonchev–Trinajstić information content (AvgIpc) is 2.82. The summed E-state index contributed by atoms with van der Waals surface area (Å²) in [6.45, 7) is 7.13. The molecule has 0 spiro atoms. The molecule has 0 aromatic heterocycles. The van der Waals surface area contributed by atoms with Crippen molar-refractivity contribution in [3.8, 4) is 5.75 Å². The molecule has 1 N–H and O–H groups in total. The lowest BCUT2D eigenvalue weighted by Crippen LogP contribution is -2.48. The fourth-order valence-electron chi connectivity index (χ4n) is 4.39. The predicted octanol–water partition coefficient (Wildman–Crippen LogP) is 4.53. The first-order valence-corrected chi connectivity index (χ1v) is 11.2. The fourth-order valence-corrected chi connectivity index (χ4v) is 4.39. The van der Waals surface area contributed by atoms with Gasteiger partial charge in [-0.3, -0.25) is 9.80 Å². The number of benzene rings is 3. The number of nitrogens with zero attached hydrogens (tertiary/aromatic N) is 2. The van der Waals surface area contributed by atoms with Gasteiger partial charge in [-0.25, -0.2) is 0 Å². The Hall–Kier alpha value is -2.66. The average molecular weight is 417 g/mol. The van der Waals surface area contributed by atoms with Crippen LogP contribution in [0.3, 0.4) is 0 Å². The van der Waals surface area contributed by atoms with E-state index in [0.717, 1.165) is 37.5 Å². The van der Waals surface area contributed by atoms with Gasteiger partial charge in [0.1, 0.15) is 5.75 Å². The summed E-state index contributed by atoms with van der Waals surface area (Å²) in [5, 5.41) is 10.7. The molecular weight excluding hydrogens is 384 g/mol. The van der Waals surface area contributed by atoms with Crippen molar-refractivity contribution in [1.82, 2.24) is 9.80 Å². The Labute approximate surface area is 185 Å². The molecule has 31 heavy (non-hydrogen) atoms. The van der Waals surface area contributed by atoms with Crippen molar-refractivity contribution in [3.63, 3.8) is 0 Å².